The predicted molar refractivity (Wildman–Crippen MR) is 112 cm³/mol. The molecule has 0 radical (unpaired) electrons. The summed E-state index contributed by atoms with van der Waals surface area (Å²) in [6.07, 6.45) is 0.874. The highest BCUT2D eigenvalue weighted by Crippen LogP contribution is 2.35. The van der Waals surface area contributed by atoms with Crippen molar-refractivity contribution in [2.45, 2.75) is 24.7 Å². The Bertz CT molecular complexity index is 1200. The van der Waals surface area contributed by atoms with Crippen molar-refractivity contribution >= 4 is 33.2 Å². The minimum atomic E-state index is -3.96. The summed E-state index contributed by atoms with van der Waals surface area (Å²) in [5.41, 5.74) is 0.658. The van der Waals surface area contributed by atoms with Crippen molar-refractivity contribution in [3.05, 3.63) is 47.5 Å². The number of anilines is 2. The van der Waals surface area contributed by atoms with Gasteiger partial charge in [-0.1, -0.05) is 0 Å². The van der Waals surface area contributed by atoms with Gasteiger partial charge in [-0.25, -0.2) is 17.2 Å². The van der Waals surface area contributed by atoms with Gasteiger partial charge in [0.05, 0.1) is 22.2 Å². The van der Waals surface area contributed by atoms with Crippen molar-refractivity contribution in [2.24, 2.45) is 5.92 Å². The van der Waals surface area contributed by atoms with Gasteiger partial charge in [0, 0.05) is 25.2 Å². The van der Waals surface area contributed by atoms with Gasteiger partial charge < -0.3 is 15.4 Å². The first-order chi connectivity index (χ1) is 15.1. The van der Waals surface area contributed by atoms with Crippen LogP contribution in [0.25, 0.3) is 0 Å². The SMILES string of the molecule is Cc1cc2c(cc1S(=O)(=O)N1CCCC(C(=O)Nc3ccc(F)cc3F)C1)OCC(=O)N2. The molecule has 2 aromatic carbocycles. The second-order valence-electron chi connectivity index (χ2n) is 7.77. The third-order valence-corrected chi connectivity index (χ3v) is 7.48. The first kappa shape index (κ1) is 22.2. The molecule has 8 nitrogen and oxygen atoms in total. The maximum absolute atomic E-state index is 13.9. The third kappa shape index (κ3) is 4.30. The van der Waals surface area contributed by atoms with Crippen LogP contribution in [0.15, 0.2) is 35.2 Å². The van der Waals surface area contributed by atoms with E-state index in [-0.39, 0.29) is 41.9 Å². The molecule has 0 aromatic heterocycles. The number of benzene rings is 2. The van der Waals surface area contributed by atoms with E-state index in [2.05, 4.69) is 10.6 Å². The number of hydrogen-bond acceptors (Lipinski definition) is 5. The lowest BCUT2D eigenvalue weighted by molar-refractivity contribution is -0.121. The largest absolute Gasteiger partial charge is 0.482 e. The molecule has 1 saturated heterocycles. The lowest BCUT2D eigenvalue weighted by Gasteiger charge is -2.32. The van der Waals surface area contributed by atoms with Crippen LogP contribution in [0.4, 0.5) is 20.2 Å². The Kier molecular flexibility index (Phi) is 5.87. The van der Waals surface area contributed by atoms with Crippen LogP contribution in [-0.4, -0.2) is 44.2 Å². The van der Waals surface area contributed by atoms with E-state index in [1.807, 2.05) is 0 Å². The number of halogens is 2. The molecule has 0 bridgehead atoms. The molecule has 32 heavy (non-hydrogen) atoms. The highest BCUT2D eigenvalue weighted by Gasteiger charge is 2.35. The van der Waals surface area contributed by atoms with Crippen molar-refractivity contribution in [1.29, 1.82) is 0 Å². The number of amides is 2. The number of nitrogens with one attached hydrogen (secondary N) is 2. The first-order valence-corrected chi connectivity index (χ1v) is 11.4. The summed E-state index contributed by atoms with van der Waals surface area (Å²) < 4.78 is 60.2. The zero-order chi connectivity index (χ0) is 23.0. The third-order valence-electron chi connectivity index (χ3n) is 5.47. The van der Waals surface area contributed by atoms with Gasteiger partial charge in [0.15, 0.2) is 6.61 Å². The number of carbonyl (C=O) groups is 2. The molecule has 1 unspecified atom stereocenters. The summed E-state index contributed by atoms with van der Waals surface area (Å²) in [5.74, 6) is -2.98. The Morgan fingerprint density at radius 1 is 1.25 bits per heavy atom. The molecular weight excluding hydrogens is 444 g/mol. The Balaban J connectivity index is 1.53. The average Bonchev–Trinajstić information content (AvgIpc) is 2.75. The Morgan fingerprint density at radius 3 is 2.78 bits per heavy atom. The van der Waals surface area contributed by atoms with Gasteiger partial charge in [-0.2, -0.15) is 4.31 Å². The molecule has 0 spiro atoms. The summed E-state index contributed by atoms with van der Waals surface area (Å²) in [5, 5.41) is 5.05. The maximum Gasteiger partial charge on any atom is 0.262 e. The van der Waals surface area contributed by atoms with Gasteiger partial charge in [0.2, 0.25) is 15.9 Å². The van der Waals surface area contributed by atoms with E-state index in [1.165, 1.54) is 16.4 Å². The normalized spacial score (nSPS) is 19.0. The van der Waals surface area contributed by atoms with Gasteiger partial charge in [-0.3, -0.25) is 9.59 Å². The van der Waals surface area contributed by atoms with Crippen LogP contribution in [0.2, 0.25) is 0 Å². The molecule has 2 aromatic rings. The smallest absolute Gasteiger partial charge is 0.262 e. The zero-order valence-corrected chi connectivity index (χ0v) is 18.0. The number of sulfonamides is 1. The van der Waals surface area contributed by atoms with Gasteiger partial charge in [0.25, 0.3) is 5.91 Å². The fraction of sp³-hybridized carbons (Fsp3) is 0.333. The number of aryl methyl sites for hydroxylation is 1. The number of hydrogen-bond donors (Lipinski definition) is 2. The monoisotopic (exact) mass is 465 g/mol. The minimum absolute atomic E-state index is 0.0260. The van der Waals surface area contributed by atoms with Gasteiger partial charge >= 0.3 is 0 Å². The molecule has 1 fully saturated rings. The molecule has 2 N–H and O–H groups in total. The van der Waals surface area contributed by atoms with Crippen LogP contribution in [0.5, 0.6) is 5.75 Å². The average molecular weight is 465 g/mol. The highest BCUT2D eigenvalue weighted by molar-refractivity contribution is 7.89. The van der Waals surface area contributed by atoms with Crippen LogP contribution >= 0.6 is 0 Å². The molecule has 1 atom stereocenters. The molecule has 11 heteroatoms. The van der Waals surface area contributed by atoms with E-state index in [4.69, 9.17) is 4.74 Å². The van der Waals surface area contributed by atoms with Crippen LogP contribution in [0.1, 0.15) is 18.4 Å². The molecular formula is C21H21F2N3O5S. The lowest BCUT2D eigenvalue weighted by Crippen LogP contribution is -2.44. The summed E-state index contributed by atoms with van der Waals surface area (Å²) in [6, 6.07) is 5.72. The number of rotatable bonds is 4. The van der Waals surface area contributed by atoms with E-state index >= 15 is 0 Å². The Morgan fingerprint density at radius 2 is 2.03 bits per heavy atom. The van der Waals surface area contributed by atoms with Crippen LogP contribution in [0.3, 0.4) is 0 Å². The van der Waals surface area contributed by atoms with Crippen molar-refractivity contribution in [3.8, 4) is 5.75 Å². The zero-order valence-electron chi connectivity index (χ0n) is 17.2. The second kappa shape index (κ2) is 8.47. The van der Waals surface area contributed by atoms with E-state index in [9.17, 15) is 26.8 Å². The summed E-state index contributed by atoms with van der Waals surface area (Å²) in [4.78, 5) is 24.2. The summed E-state index contributed by atoms with van der Waals surface area (Å²) in [7, 11) is -3.96. The summed E-state index contributed by atoms with van der Waals surface area (Å²) >= 11 is 0. The van der Waals surface area contributed by atoms with E-state index in [0.29, 0.717) is 30.2 Å². The van der Waals surface area contributed by atoms with E-state index in [0.717, 1.165) is 12.1 Å². The standard InChI is InChI=1S/C21H21F2N3O5S/c1-12-7-17-18(31-11-20(27)24-17)9-19(12)32(29,30)26-6-2-3-13(10-26)21(28)25-16-5-4-14(22)8-15(16)23/h4-5,7-9,13H,2-3,6,10-11H2,1H3,(H,24,27)(H,25,28). The van der Waals surface area contributed by atoms with Crippen LogP contribution in [-0.2, 0) is 19.6 Å². The molecule has 0 aliphatic carbocycles. The molecule has 2 aliphatic rings. The number of ether oxygens (including phenoxy) is 1. The van der Waals surface area contributed by atoms with E-state index in [1.54, 1.807) is 6.92 Å². The molecule has 0 saturated carbocycles. The molecule has 2 aliphatic heterocycles. The van der Waals surface area contributed by atoms with E-state index < -0.39 is 33.5 Å². The molecule has 4 rings (SSSR count). The maximum atomic E-state index is 13.9. The fourth-order valence-electron chi connectivity index (χ4n) is 3.83. The molecule has 2 heterocycles. The van der Waals surface area contributed by atoms with Gasteiger partial charge in [0.1, 0.15) is 17.4 Å². The lowest BCUT2D eigenvalue weighted by atomic mass is 9.98. The van der Waals surface area contributed by atoms with Crippen molar-refractivity contribution in [2.75, 3.05) is 30.3 Å². The Hall–Kier alpha value is -3.05. The highest BCUT2D eigenvalue weighted by atomic mass is 32.2. The topological polar surface area (TPSA) is 105 Å². The molecule has 2 amide bonds. The first-order valence-electron chi connectivity index (χ1n) is 9.98. The van der Waals surface area contributed by atoms with Crippen LogP contribution in [0, 0.1) is 24.5 Å². The van der Waals surface area contributed by atoms with Crippen molar-refractivity contribution in [1.82, 2.24) is 4.31 Å². The quantitative estimate of drug-likeness (QED) is 0.723. The number of fused-ring (bicyclic) bond motifs is 1. The minimum Gasteiger partial charge on any atom is -0.482 e. The molecule has 170 valence electrons. The van der Waals surface area contributed by atoms with Crippen molar-refractivity contribution < 1.29 is 31.5 Å². The van der Waals surface area contributed by atoms with Crippen LogP contribution < -0.4 is 15.4 Å². The Labute approximate surface area is 183 Å². The second-order valence-corrected chi connectivity index (χ2v) is 9.67. The number of carbonyl (C=O) groups excluding carboxylic acids is 2. The van der Waals surface area contributed by atoms with Crippen molar-refractivity contribution in [3.63, 3.8) is 0 Å². The fourth-order valence-corrected chi connectivity index (χ4v) is 5.58. The van der Waals surface area contributed by atoms with Gasteiger partial charge in [-0.15, -0.1) is 0 Å². The number of nitrogens with zero attached hydrogens (tertiary/aromatic N) is 1. The summed E-state index contributed by atoms with van der Waals surface area (Å²) in [6.45, 7) is 1.55. The number of piperidine rings is 1. The van der Waals surface area contributed by atoms with Gasteiger partial charge in [-0.05, 0) is 43.5 Å². The predicted octanol–water partition coefficient (Wildman–Crippen LogP) is 2.64.